The maximum Gasteiger partial charge on any atom is 0.295 e. The van der Waals surface area contributed by atoms with Crippen LogP contribution in [0.4, 0.5) is 11.4 Å². The number of carbonyl (C=O) groups is 2. The number of hydrogen-bond donors (Lipinski definition) is 2. The number of aromatic nitrogens is 2. The smallest absolute Gasteiger partial charge is 0.295 e. The summed E-state index contributed by atoms with van der Waals surface area (Å²) in [4.78, 5) is 38.3. The summed E-state index contributed by atoms with van der Waals surface area (Å²) in [5.74, 6) is -0.708. The minimum Gasteiger partial charge on any atom is -0.369 e. The van der Waals surface area contributed by atoms with Crippen molar-refractivity contribution in [2.45, 2.75) is 33.3 Å². The molecule has 0 saturated heterocycles. The van der Waals surface area contributed by atoms with Crippen LogP contribution in [0.1, 0.15) is 36.3 Å². The third kappa shape index (κ3) is 4.81. The van der Waals surface area contributed by atoms with Crippen LogP contribution < -0.4 is 16.2 Å². The fourth-order valence-electron chi connectivity index (χ4n) is 3.44. The van der Waals surface area contributed by atoms with Gasteiger partial charge in [0.15, 0.2) is 0 Å². The molecule has 2 N–H and O–H groups in total. The third-order valence-corrected chi connectivity index (χ3v) is 5.22. The van der Waals surface area contributed by atoms with Crippen molar-refractivity contribution in [3.8, 4) is 5.69 Å². The SMILES string of the molecule is CCOC(CC)C(=O)Nc1cccc(C(=O)Nc2c(C)n(C)n(-c3ccccc3)c2=O)c1. The van der Waals surface area contributed by atoms with Gasteiger partial charge in [-0.05, 0) is 50.6 Å². The highest BCUT2D eigenvalue weighted by Gasteiger charge is 2.20. The quantitative estimate of drug-likeness (QED) is 0.565. The molecule has 8 heteroatoms. The van der Waals surface area contributed by atoms with Crippen molar-refractivity contribution >= 4 is 23.2 Å². The van der Waals surface area contributed by atoms with Gasteiger partial charge in [0, 0.05) is 24.9 Å². The Morgan fingerprint density at radius 2 is 1.75 bits per heavy atom. The van der Waals surface area contributed by atoms with E-state index in [2.05, 4.69) is 10.6 Å². The van der Waals surface area contributed by atoms with Crippen molar-refractivity contribution in [3.63, 3.8) is 0 Å². The van der Waals surface area contributed by atoms with Gasteiger partial charge in [-0.3, -0.25) is 19.1 Å². The van der Waals surface area contributed by atoms with Crippen molar-refractivity contribution < 1.29 is 14.3 Å². The molecule has 1 atom stereocenters. The molecule has 0 spiro atoms. The Kier molecular flexibility index (Phi) is 7.27. The Morgan fingerprint density at radius 1 is 1.03 bits per heavy atom. The molecule has 0 bridgehead atoms. The predicted octanol–water partition coefficient (Wildman–Crippen LogP) is 3.49. The summed E-state index contributed by atoms with van der Waals surface area (Å²) < 4.78 is 8.62. The van der Waals surface area contributed by atoms with Crippen LogP contribution in [-0.4, -0.2) is 33.9 Å². The minimum atomic E-state index is -0.555. The lowest BCUT2D eigenvalue weighted by molar-refractivity contribution is -0.127. The number of rotatable bonds is 8. The van der Waals surface area contributed by atoms with Gasteiger partial charge in [0.2, 0.25) is 0 Å². The average Bonchev–Trinajstić information content (AvgIpc) is 3.01. The number of anilines is 2. The summed E-state index contributed by atoms with van der Waals surface area (Å²) in [6.07, 6.45) is -0.0122. The van der Waals surface area contributed by atoms with Crippen molar-refractivity contribution in [3.05, 3.63) is 76.2 Å². The van der Waals surface area contributed by atoms with Crippen molar-refractivity contribution in [2.75, 3.05) is 17.2 Å². The van der Waals surface area contributed by atoms with Crippen LogP contribution >= 0.6 is 0 Å². The molecule has 3 aromatic rings. The van der Waals surface area contributed by atoms with Crippen molar-refractivity contribution in [1.82, 2.24) is 9.36 Å². The summed E-state index contributed by atoms with van der Waals surface area (Å²) in [7, 11) is 1.76. The Labute approximate surface area is 186 Å². The van der Waals surface area contributed by atoms with Crippen LogP contribution in [0, 0.1) is 6.92 Å². The molecule has 0 fully saturated rings. The fourth-order valence-corrected chi connectivity index (χ4v) is 3.44. The lowest BCUT2D eigenvalue weighted by Crippen LogP contribution is -2.30. The van der Waals surface area contributed by atoms with Gasteiger partial charge in [-0.25, -0.2) is 4.68 Å². The van der Waals surface area contributed by atoms with Crippen LogP contribution in [0.5, 0.6) is 0 Å². The van der Waals surface area contributed by atoms with Crippen LogP contribution in [0.3, 0.4) is 0 Å². The highest BCUT2D eigenvalue weighted by molar-refractivity contribution is 6.05. The Balaban J connectivity index is 1.82. The molecule has 0 saturated carbocycles. The first kappa shape index (κ1) is 23.0. The Bertz CT molecular complexity index is 1160. The average molecular weight is 437 g/mol. The zero-order chi connectivity index (χ0) is 23.3. The number of ether oxygens (including phenoxy) is 1. The number of nitrogens with one attached hydrogen (secondary N) is 2. The van der Waals surface area contributed by atoms with Crippen molar-refractivity contribution in [2.24, 2.45) is 7.05 Å². The Morgan fingerprint density at radius 3 is 2.41 bits per heavy atom. The molecule has 1 heterocycles. The highest BCUT2D eigenvalue weighted by Crippen LogP contribution is 2.17. The molecule has 1 aromatic heterocycles. The topological polar surface area (TPSA) is 94.4 Å². The number of benzene rings is 2. The van der Waals surface area contributed by atoms with E-state index in [0.717, 1.165) is 0 Å². The molecule has 2 amide bonds. The maximum absolute atomic E-state index is 13.0. The van der Waals surface area contributed by atoms with E-state index >= 15 is 0 Å². The van der Waals surface area contributed by atoms with Gasteiger partial charge >= 0.3 is 0 Å². The third-order valence-electron chi connectivity index (χ3n) is 5.22. The molecule has 0 aliphatic carbocycles. The van der Waals surface area contributed by atoms with E-state index in [0.29, 0.717) is 35.7 Å². The summed E-state index contributed by atoms with van der Waals surface area (Å²) in [5.41, 5.74) is 2.01. The number of carbonyl (C=O) groups excluding carboxylic acids is 2. The van der Waals surface area contributed by atoms with Crippen LogP contribution in [0.15, 0.2) is 59.4 Å². The lowest BCUT2D eigenvalue weighted by atomic mass is 10.1. The highest BCUT2D eigenvalue weighted by atomic mass is 16.5. The second-order valence-corrected chi connectivity index (χ2v) is 7.31. The van der Waals surface area contributed by atoms with E-state index in [4.69, 9.17) is 4.74 Å². The predicted molar refractivity (Wildman–Crippen MR) is 124 cm³/mol. The molecule has 8 nitrogen and oxygen atoms in total. The van der Waals surface area contributed by atoms with Gasteiger partial charge in [0.25, 0.3) is 17.4 Å². The van der Waals surface area contributed by atoms with Gasteiger partial charge < -0.3 is 15.4 Å². The second kappa shape index (κ2) is 10.1. The van der Waals surface area contributed by atoms with E-state index in [-0.39, 0.29) is 17.2 Å². The van der Waals surface area contributed by atoms with Crippen molar-refractivity contribution in [1.29, 1.82) is 0 Å². The van der Waals surface area contributed by atoms with Gasteiger partial charge in [-0.2, -0.15) is 0 Å². The number of hydrogen-bond acceptors (Lipinski definition) is 4. The first-order chi connectivity index (χ1) is 15.4. The molecule has 0 aliphatic rings. The van der Waals surface area contributed by atoms with E-state index < -0.39 is 12.0 Å². The fraction of sp³-hybridized carbons (Fsp3) is 0.292. The molecule has 0 radical (unpaired) electrons. The molecule has 0 aliphatic heterocycles. The zero-order valence-electron chi connectivity index (χ0n) is 18.7. The standard InChI is InChI=1S/C24H28N4O4/c1-5-20(32-6-2)23(30)25-18-12-10-11-17(15-18)22(29)26-21-16(3)27(4)28(24(21)31)19-13-8-7-9-14-19/h7-15,20H,5-6H2,1-4H3,(H,25,30)(H,26,29). The van der Waals surface area contributed by atoms with Gasteiger partial charge in [0.1, 0.15) is 11.8 Å². The summed E-state index contributed by atoms with van der Waals surface area (Å²) in [6, 6.07) is 15.8. The summed E-state index contributed by atoms with van der Waals surface area (Å²) >= 11 is 0. The van der Waals surface area contributed by atoms with E-state index in [9.17, 15) is 14.4 Å². The van der Waals surface area contributed by atoms with Crippen LogP contribution in [0.2, 0.25) is 0 Å². The van der Waals surface area contributed by atoms with Crippen LogP contribution in [0.25, 0.3) is 5.69 Å². The number of nitrogens with zero attached hydrogens (tertiary/aromatic N) is 2. The summed E-state index contributed by atoms with van der Waals surface area (Å²) in [5, 5.41) is 5.51. The van der Waals surface area contributed by atoms with E-state index in [1.54, 1.807) is 42.9 Å². The molecule has 168 valence electrons. The minimum absolute atomic E-state index is 0.207. The number of amides is 2. The molecule has 32 heavy (non-hydrogen) atoms. The maximum atomic E-state index is 13.0. The number of para-hydroxylation sites is 1. The van der Waals surface area contributed by atoms with Gasteiger partial charge in [-0.1, -0.05) is 31.2 Å². The monoisotopic (exact) mass is 436 g/mol. The van der Waals surface area contributed by atoms with E-state index in [1.807, 2.05) is 44.2 Å². The lowest BCUT2D eigenvalue weighted by Gasteiger charge is -2.15. The normalized spacial score (nSPS) is 11.8. The first-order valence-electron chi connectivity index (χ1n) is 10.5. The van der Waals surface area contributed by atoms with Gasteiger partial charge in [-0.15, -0.1) is 0 Å². The van der Waals surface area contributed by atoms with Gasteiger partial charge in [0.05, 0.1) is 11.4 Å². The molecule has 3 rings (SSSR count). The zero-order valence-corrected chi connectivity index (χ0v) is 18.7. The van der Waals surface area contributed by atoms with E-state index in [1.165, 1.54) is 4.68 Å². The molecular formula is C24H28N4O4. The summed E-state index contributed by atoms with van der Waals surface area (Å²) in [6.45, 7) is 5.91. The molecule has 1 unspecified atom stereocenters. The Hall–Kier alpha value is -3.65. The largest absolute Gasteiger partial charge is 0.369 e. The van der Waals surface area contributed by atoms with Crippen LogP contribution in [-0.2, 0) is 16.6 Å². The first-order valence-corrected chi connectivity index (χ1v) is 10.5. The molecule has 2 aromatic carbocycles. The second-order valence-electron chi connectivity index (χ2n) is 7.31. The molecular weight excluding hydrogens is 408 g/mol.